The molecule has 1 saturated heterocycles. The first-order chi connectivity index (χ1) is 16.8. The number of hydrogen-bond donors (Lipinski definition) is 1. The second-order valence-electron chi connectivity index (χ2n) is 8.70. The van der Waals surface area contributed by atoms with Crippen molar-refractivity contribution in [2.75, 3.05) is 0 Å². The normalized spacial score (nSPS) is 14.9. The van der Waals surface area contributed by atoms with Gasteiger partial charge in [0.05, 0.1) is 6.54 Å². The van der Waals surface area contributed by atoms with Crippen molar-refractivity contribution in [3.63, 3.8) is 0 Å². The van der Waals surface area contributed by atoms with E-state index in [0.717, 1.165) is 38.9 Å². The van der Waals surface area contributed by atoms with Gasteiger partial charge < -0.3 is 9.88 Å². The molecule has 3 amide bonds. The molecule has 1 N–H and O–H groups in total. The van der Waals surface area contributed by atoms with Gasteiger partial charge in [-0.1, -0.05) is 77.3 Å². The maximum absolute atomic E-state index is 13.2. The molecule has 0 saturated carbocycles. The Bertz CT molecular complexity index is 1500. The van der Waals surface area contributed by atoms with Crippen molar-refractivity contribution in [2.45, 2.75) is 26.9 Å². The SMILES string of the molecule is Cc1ccc(CN2C(=O)N/C(=C/c3c(C)n(Cc4ccc(Cl)cc4Cl)c4ccccc34)C2=O)cc1. The van der Waals surface area contributed by atoms with E-state index in [-0.39, 0.29) is 18.1 Å². The molecular formula is C28H23Cl2N3O2. The highest BCUT2D eigenvalue weighted by atomic mass is 35.5. The summed E-state index contributed by atoms with van der Waals surface area (Å²) in [6.07, 6.45) is 1.77. The summed E-state index contributed by atoms with van der Waals surface area (Å²) in [5.41, 5.74) is 6.07. The van der Waals surface area contributed by atoms with Crippen molar-refractivity contribution < 1.29 is 9.59 Å². The molecule has 176 valence electrons. The molecule has 3 aromatic carbocycles. The molecule has 2 heterocycles. The van der Waals surface area contributed by atoms with Crippen molar-refractivity contribution in [2.24, 2.45) is 0 Å². The lowest BCUT2D eigenvalue weighted by molar-refractivity contribution is -0.123. The first kappa shape index (κ1) is 23.2. The van der Waals surface area contributed by atoms with Crippen molar-refractivity contribution in [3.8, 4) is 0 Å². The van der Waals surface area contributed by atoms with Crippen LogP contribution in [0.25, 0.3) is 17.0 Å². The van der Waals surface area contributed by atoms with E-state index in [1.54, 1.807) is 12.1 Å². The third-order valence-corrected chi connectivity index (χ3v) is 6.92. The molecule has 0 unspecified atom stereocenters. The highest BCUT2D eigenvalue weighted by molar-refractivity contribution is 6.35. The molecule has 35 heavy (non-hydrogen) atoms. The van der Waals surface area contributed by atoms with Crippen LogP contribution in [-0.2, 0) is 17.9 Å². The summed E-state index contributed by atoms with van der Waals surface area (Å²) >= 11 is 12.5. The molecule has 1 fully saturated rings. The fraction of sp³-hybridized carbons (Fsp3) is 0.143. The predicted octanol–water partition coefficient (Wildman–Crippen LogP) is 6.71. The van der Waals surface area contributed by atoms with E-state index in [9.17, 15) is 9.59 Å². The molecule has 4 aromatic rings. The molecule has 5 nitrogen and oxygen atoms in total. The van der Waals surface area contributed by atoms with Crippen LogP contribution < -0.4 is 5.32 Å². The molecule has 1 aromatic heterocycles. The van der Waals surface area contributed by atoms with Gasteiger partial charge >= 0.3 is 6.03 Å². The first-order valence-corrected chi connectivity index (χ1v) is 12.0. The number of aryl methyl sites for hydroxylation is 1. The lowest BCUT2D eigenvalue weighted by Crippen LogP contribution is -2.30. The molecule has 7 heteroatoms. The lowest BCUT2D eigenvalue weighted by atomic mass is 10.1. The highest BCUT2D eigenvalue weighted by Crippen LogP contribution is 2.31. The smallest absolute Gasteiger partial charge is 0.329 e. The number of aromatic nitrogens is 1. The van der Waals surface area contributed by atoms with Gasteiger partial charge in [0.1, 0.15) is 5.70 Å². The average Bonchev–Trinajstić information content (AvgIpc) is 3.25. The largest absolute Gasteiger partial charge is 0.340 e. The van der Waals surface area contributed by atoms with Crippen LogP contribution in [0.3, 0.4) is 0 Å². The van der Waals surface area contributed by atoms with Crippen molar-refractivity contribution in [3.05, 3.63) is 110 Å². The fourth-order valence-corrected chi connectivity index (χ4v) is 4.87. The topological polar surface area (TPSA) is 54.3 Å². The van der Waals surface area contributed by atoms with Gasteiger partial charge in [0.2, 0.25) is 0 Å². The van der Waals surface area contributed by atoms with Crippen LogP contribution in [0.2, 0.25) is 10.0 Å². The van der Waals surface area contributed by atoms with Crippen LogP contribution in [0.4, 0.5) is 4.79 Å². The van der Waals surface area contributed by atoms with Gasteiger partial charge in [-0.25, -0.2) is 4.79 Å². The number of nitrogens with zero attached hydrogens (tertiary/aromatic N) is 2. The maximum Gasteiger partial charge on any atom is 0.329 e. The number of nitrogens with one attached hydrogen (secondary N) is 1. The second-order valence-corrected chi connectivity index (χ2v) is 9.55. The summed E-state index contributed by atoms with van der Waals surface area (Å²) < 4.78 is 2.15. The number of amides is 3. The van der Waals surface area contributed by atoms with Gasteiger partial charge in [0.25, 0.3) is 5.91 Å². The molecule has 1 aliphatic rings. The Balaban J connectivity index is 1.51. The first-order valence-electron chi connectivity index (χ1n) is 11.2. The Hall–Kier alpha value is -3.54. The number of para-hydroxylation sites is 1. The number of urea groups is 1. The summed E-state index contributed by atoms with van der Waals surface area (Å²) in [6.45, 7) is 4.77. The van der Waals surface area contributed by atoms with Crippen molar-refractivity contribution in [1.82, 2.24) is 14.8 Å². The monoisotopic (exact) mass is 503 g/mol. The zero-order valence-electron chi connectivity index (χ0n) is 19.3. The van der Waals surface area contributed by atoms with Gasteiger partial charge in [-0.2, -0.15) is 0 Å². The Labute approximate surface area is 213 Å². The summed E-state index contributed by atoms with van der Waals surface area (Å²) in [5.74, 6) is -0.340. The van der Waals surface area contributed by atoms with E-state index in [1.807, 2.05) is 74.5 Å². The molecule has 5 rings (SSSR count). The Morgan fingerprint density at radius 2 is 1.66 bits per heavy atom. The minimum absolute atomic E-state index is 0.220. The number of fused-ring (bicyclic) bond motifs is 1. The summed E-state index contributed by atoms with van der Waals surface area (Å²) in [7, 11) is 0. The quantitative estimate of drug-likeness (QED) is 0.243. The van der Waals surface area contributed by atoms with E-state index in [4.69, 9.17) is 23.2 Å². The molecular weight excluding hydrogens is 481 g/mol. The van der Waals surface area contributed by atoms with E-state index < -0.39 is 6.03 Å². The minimum atomic E-state index is -0.420. The third kappa shape index (κ3) is 4.45. The lowest BCUT2D eigenvalue weighted by Gasteiger charge is -2.12. The zero-order valence-corrected chi connectivity index (χ0v) is 20.8. The Kier molecular flexibility index (Phi) is 6.13. The average molecular weight is 504 g/mol. The van der Waals surface area contributed by atoms with Gasteiger partial charge in [-0.15, -0.1) is 0 Å². The molecule has 0 aliphatic carbocycles. The minimum Gasteiger partial charge on any atom is -0.340 e. The third-order valence-electron chi connectivity index (χ3n) is 6.34. The van der Waals surface area contributed by atoms with E-state index in [0.29, 0.717) is 16.6 Å². The number of imide groups is 1. The maximum atomic E-state index is 13.2. The molecule has 0 radical (unpaired) electrons. The molecule has 0 spiro atoms. The van der Waals surface area contributed by atoms with Gasteiger partial charge in [0, 0.05) is 38.8 Å². The molecule has 0 atom stereocenters. The Morgan fingerprint density at radius 3 is 2.40 bits per heavy atom. The Morgan fingerprint density at radius 1 is 0.914 bits per heavy atom. The van der Waals surface area contributed by atoms with Gasteiger partial charge in [-0.3, -0.25) is 9.69 Å². The number of carbonyl (C=O) groups excluding carboxylic acids is 2. The standard InChI is InChI=1S/C28H23Cl2N3O2/c1-17-7-9-19(10-8-17)15-33-27(34)25(31-28(33)35)14-23-18(2)32(26-6-4-3-5-22(23)26)16-20-11-12-21(29)13-24(20)30/h3-14H,15-16H2,1-2H3,(H,31,35)/b25-14+. The number of carbonyl (C=O) groups is 2. The molecule has 1 aliphatic heterocycles. The summed E-state index contributed by atoms with van der Waals surface area (Å²) in [5, 5.41) is 4.93. The van der Waals surface area contributed by atoms with Crippen LogP contribution in [-0.4, -0.2) is 21.4 Å². The number of benzene rings is 3. The number of halogens is 2. The second kappa shape index (κ2) is 9.25. The van der Waals surface area contributed by atoms with Crippen LogP contribution >= 0.6 is 23.2 Å². The zero-order chi connectivity index (χ0) is 24.7. The molecule has 0 bridgehead atoms. The van der Waals surface area contributed by atoms with Gasteiger partial charge in [0.15, 0.2) is 0 Å². The number of rotatable bonds is 5. The van der Waals surface area contributed by atoms with Crippen LogP contribution in [0.1, 0.15) is 27.9 Å². The predicted molar refractivity (Wildman–Crippen MR) is 140 cm³/mol. The van der Waals surface area contributed by atoms with Crippen molar-refractivity contribution in [1.29, 1.82) is 0 Å². The van der Waals surface area contributed by atoms with Crippen LogP contribution in [0.15, 0.2) is 72.4 Å². The summed E-state index contributed by atoms with van der Waals surface area (Å²) in [4.78, 5) is 27.0. The van der Waals surface area contributed by atoms with E-state index in [2.05, 4.69) is 9.88 Å². The van der Waals surface area contributed by atoms with E-state index in [1.165, 1.54) is 4.90 Å². The van der Waals surface area contributed by atoms with Gasteiger partial charge in [-0.05, 0) is 49.2 Å². The van der Waals surface area contributed by atoms with Crippen LogP contribution in [0, 0.1) is 13.8 Å². The number of hydrogen-bond acceptors (Lipinski definition) is 2. The van der Waals surface area contributed by atoms with E-state index >= 15 is 0 Å². The van der Waals surface area contributed by atoms with Crippen LogP contribution in [0.5, 0.6) is 0 Å². The fourth-order valence-electron chi connectivity index (χ4n) is 4.40. The van der Waals surface area contributed by atoms with Crippen molar-refractivity contribution >= 4 is 52.1 Å². The highest BCUT2D eigenvalue weighted by Gasteiger charge is 2.34. The summed E-state index contributed by atoms with van der Waals surface area (Å²) in [6, 6.07) is 20.8.